The molecule has 1 unspecified atom stereocenters. The van der Waals surface area contributed by atoms with Gasteiger partial charge in [-0.3, -0.25) is 0 Å². The molecule has 1 fully saturated rings. The van der Waals surface area contributed by atoms with E-state index in [0.29, 0.717) is 18.5 Å². The highest BCUT2D eigenvalue weighted by Crippen LogP contribution is 2.32. The van der Waals surface area contributed by atoms with E-state index in [9.17, 15) is 0 Å². The van der Waals surface area contributed by atoms with Gasteiger partial charge in [0.05, 0.1) is 6.10 Å². The Balaban J connectivity index is 1.92. The van der Waals surface area contributed by atoms with Crippen molar-refractivity contribution >= 4 is 16.5 Å². The third kappa shape index (κ3) is 3.17. The Hall–Kier alpha value is -1.81. The van der Waals surface area contributed by atoms with E-state index < -0.39 is 0 Å². The third-order valence-electron chi connectivity index (χ3n) is 3.94. The maximum absolute atomic E-state index is 5.95. The number of anilines is 1. The highest BCUT2D eigenvalue weighted by Gasteiger charge is 2.17. The van der Waals surface area contributed by atoms with E-state index in [4.69, 9.17) is 9.47 Å². The quantitative estimate of drug-likeness (QED) is 0.909. The molecule has 1 aromatic heterocycles. The van der Waals surface area contributed by atoms with Crippen LogP contribution < -0.4 is 10.1 Å². The highest BCUT2D eigenvalue weighted by atomic mass is 16.5. The molecule has 2 heterocycles. The monoisotopic (exact) mass is 300 g/mol. The average Bonchev–Trinajstić information content (AvgIpc) is 2.99. The molecule has 0 spiro atoms. The van der Waals surface area contributed by atoms with E-state index in [2.05, 4.69) is 43.2 Å². The van der Waals surface area contributed by atoms with Gasteiger partial charge in [-0.15, -0.1) is 0 Å². The number of hydrogen-bond donors (Lipinski definition) is 1. The number of nitrogens with zero attached hydrogens (tertiary/aromatic N) is 1. The Morgan fingerprint density at radius 3 is 3.00 bits per heavy atom. The number of nitrogens with one attached hydrogen (secondary N) is 1. The Morgan fingerprint density at radius 2 is 2.27 bits per heavy atom. The first-order valence-corrected chi connectivity index (χ1v) is 8.04. The van der Waals surface area contributed by atoms with Crippen LogP contribution in [-0.4, -0.2) is 30.3 Å². The molecule has 3 rings (SSSR count). The summed E-state index contributed by atoms with van der Waals surface area (Å²) >= 11 is 0. The number of aromatic nitrogens is 1. The normalized spacial score (nSPS) is 18.1. The predicted octanol–water partition coefficient (Wildman–Crippen LogP) is 3.92. The van der Waals surface area contributed by atoms with E-state index in [1.165, 1.54) is 5.39 Å². The molecule has 0 aliphatic carbocycles. The largest absolute Gasteiger partial charge is 0.474 e. The van der Waals surface area contributed by atoms with Crippen LogP contribution in [0, 0.1) is 6.92 Å². The molecule has 22 heavy (non-hydrogen) atoms. The molecular formula is C18H24N2O2. The standard InChI is InChI=1S/C18H24N2O2/c1-12(2)20-16-8-4-7-15-17(16)13(3)10-19-18(15)22-11-14-6-5-9-21-14/h4,7-8,10,12,14,20H,5-6,9,11H2,1-3H3. The van der Waals surface area contributed by atoms with Crippen LogP contribution in [0.5, 0.6) is 5.88 Å². The first kappa shape index (κ1) is 15.1. The molecule has 1 aromatic carbocycles. The zero-order valence-corrected chi connectivity index (χ0v) is 13.6. The summed E-state index contributed by atoms with van der Waals surface area (Å²) in [6.07, 6.45) is 4.29. The Kier molecular flexibility index (Phi) is 4.48. The summed E-state index contributed by atoms with van der Waals surface area (Å²) in [5, 5.41) is 5.75. The van der Waals surface area contributed by atoms with E-state index in [-0.39, 0.29) is 6.10 Å². The second-order valence-corrected chi connectivity index (χ2v) is 6.22. The maximum atomic E-state index is 5.95. The summed E-state index contributed by atoms with van der Waals surface area (Å²) in [7, 11) is 0. The van der Waals surface area contributed by atoms with Crippen LogP contribution >= 0.6 is 0 Å². The number of rotatable bonds is 5. The van der Waals surface area contributed by atoms with Crippen LogP contribution in [0.1, 0.15) is 32.3 Å². The molecule has 1 aliphatic rings. The van der Waals surface area contributed by atoms with Gasteiger partial charge in [-0.1, -0.05) is 6.07 Å². The van der Waals surface area contributed by atoms with Crippen LogP contribution in [0.2, 0.25) is 0 Å². The molecule has 0 bridgehead atoms. The van der Waals surface area contributed by atoms with Gasteiger partial charge < -0.3 is 14.8 Å². The molecular weight excluding hydrogens is 276 g/mol. The van der Waals surface area contributed by atoms with Crippen molar-refractivity contribution in [2.24, 2.45) is 0 Å². The Morgan fingerprint density at radius 1 is 1.41 bits per heavy atom. The molecule has 1 saturated heterocycles. The lowest BCUT2D eigenvalue weighted by molar-refractivity contribution is 0.0669. The summed E-state index contributed by atoms with van der Waals surface area (Å²) < 4.78 is 11.6. The van der Waals surface area contributed by atoms with Crippen LogP contribution in [-0.2, 0) is 4.74 Å². The van der Waals surface area contributed by atoms with E-state index in [1.807, 2.05) is 12.3 Å². The molecule has 1 N–H and O–H groups in total. The lowest BCUT2D eigenvalue weighted by atomic mass is 10.1. The van der Waals surface area contributed by atoms with E-state index in [0.717, 1.165) is 36.1 Å². The number of benzene rings is 1. The lowest BCUT2D eigenvalue weighted by Gasteiger charge is -2.17. The van der Waals surface area contributed by atoms with Crippen molar-refractivity contribution < 1.29 is 9.47 Å². The summed E-state index contributed by atoms with van der Waals surface area (Å²) in [6, 6.07) is 6.62. The highest BCUT2D eigenvalue weighted by molar-refractivity contribution is 5.99. The fourth-order valence-electron chi connectivity index (χ4n) is 2.94. The van der Waals surface area contributed by atoms with Crippen LogP contribution in [0.3, 0.4) is 0 Å². The summed E-state index contributed by atoms with van der Waals surface area (Å²) in [5.41, 5.74) is 2.29. The molecule has 0 saturated carbocycles. The predicted molar refractivity (Wildman–Crippen MR) is 89.7 cm³/mol. The molecule has 2 aromatic rings. The van der Waals surface area contributed by atoms with Gasteiger partial charge in [0, 0.05) is 35.3 Å². The van der Waals surface area contributed by atoms with Crippen LogP contribution in [0.25, 0.3) is 10.8 Å². The van der Waals surface area contributed by atoms with E-state index in [1.54, 1.807) is 0 Å². The minimum absolute atomic E-state index is 0.204. The van der Waals surface area contributed by atoms with Gasteiger partial charge in [-0.05, 0) is 51.3 Å². The molecule has 4 nitrogen and oxygen atoms in total. The molecule has 1 atom stereocenters. The minimum atomic E-state index is 0.204. The van der Waals surface area contributed by atoms with Crippen molar-refractivity contribution in [1.82, 2.24) is 4.98 Å². The number of hydrogen-bond acceptors (Lipinski definition) is 4. The second-order valence-electron chi connectivity index (χ2n) is 6.22. The van der Waals surface area contributed by atoms with Gasteiger partial charge in [0.15, 0.2) is 0 Å². The van der Waals surface area contributed by atoms with Gasteiger partial charge in [0.2, 0.25) is 5.88 Å². The van der Waals surface area contributed by atoms with Crippen molar-refractivity contribution in [2.75, 3.05) is 18.5 Å². The topological polar surface area (TPSA) is 43.4 Å². The zero-order valence-electron chi connectivity index (χ0n) is 13.6. The number of ether oxygens (including phenoxy) is 2. The lowest BCUT2D eigenvalue weighted by Crippen LogP contribution is -2.17. The smallest absolute Gasteiger partial charge is 0.221 e. The number of pyridine rings is 1. The molecule has 0 radical (unpaired) electrons. The van der Waals surface area contributed by atoms with Gasteiger partial charge in [0.1, 0.15) is 6.61 Å². The average molecular weight is 300 g/mol. The van der Waals surface area contributed by atoms with Crippen molar-refractivity contribution in [1.29, 1.82) is 0 Å². The van der Waals surface area contributed by atoms with Gasteiger partial charge in [-0.25, -0.2) is 4.98 Å². The SMILES string of the molecule is Cc1cnc(OCC2CCCO2)c2cccc(NC(C)C)c12. The fraction of sp³-hybridized carbons (Fsp3) is 0.500. The first-order valence-electron chi connectivity index (χ1n) is 8.04. The van der Waals surface area contributed by atoms with Crippen LogP contribution in [0.4, 0.5) is 5.69 Å². The Labute approximate surface area is 131 Å². The molecule has 0 amide bonds. The maximum Gasteiger partial charge on any atom is 0.221 e. The van der Waals surface area contributed by atoms with Crippen molar-refractivity contribution in [3.05, 3.63) is 30.0 Å². The molecule has 1 aliphatic heterocycles. The molecule has 118 valence electrons. The molecule has 4 heteroatoms. The van der Waals surface area contributed by atoms with Crippen molar-refractivity contribution in [3.63, 3.8) is 0 Å². The summed E-state index contributed by atoms with van der Waals surface area (Å²) in [6.45, 7) is 7.80. The number of fused-ring (bicyclic) bond motifs is 1. The summed E-state index contributed by atoms with van der Waals surface area (Å²) in [5.74, 6) is 0.698. The Bertz CT molecular complexity index is 649. The van der Waals surface area contributed by atoms with E-state index >= 15 is 0 Å². The van der Waals surface area contributed by atoms with Gasteiger partial charge in [0.25, 0.3) is 0 Å². The number of aryl methyl sites for hydroxylation is 1. The zero-order chi connectivity index (χ0) is 15.5. The third-order valence-corrected chi connectivity index (χ3v) is 3.94. The first-order chi connectivity index (χ1) is 10.6. The van der Waals surface area contributed by atoms with Gasteiger partial charge >= 0.3 is 0 Å². The fourth-order valence-corrected chi connectivity index (χ4v) is 2.94. The summed E-state index contributed by atoms with van der Waals surface area (Å²) in [4.78, 5) is 4.48. The van der Waals surface area contributed by atoms with Crippen molar-refractivity contribution in [2.45, 2.75) is 45.8 Å². The minimum Gasteiger partial charge on any atom is -0.474 e. The van der Waals surface area contributed by atoms with Gasteiger partial charge in [-0.2, -0.15) is 0 Å². The van der Waals surface area contributed by atoms with Crippen molar-refractivity contribution in [3.8, 4) is 5.88 Å². The second kappa shape index (κ2) is 6.53. The van der Waals surface area contributed by atoms with Crippen LogP contribution in [0.15, 0.2) is 24.4 Å².